The van der Waals surface area contributed by atoms with Crippen LogP contribution in [0, 0.1) is 0 Å². The van der Waals surface area contributed by atoms with Crippen molar-refractivity contribution in [2.75, 3.05) is 11.9 Å². The van der Waals surface area contributed by atoms with Gasteiger partial charge >= 0.3 is 0 Å². The van der Waals surface area contributed by atoms with Gasteiger partial charge < -0.3 is 10.4 Å². The van der Waals surface area contributed by atoms with Crippen LogP contribution in [-0.2, 0) is 0 Å². The lowest BCUT2D eigenvalue weighted by Gasteiger charge is -2.17. The summed E-state index contributed by atoms with van der Waals surface area (Å²) in [5.74, 6) is 0.600. The van der Waals surface area contributed by atoms with Crippen molar-refractivity contribution >= 4 is 11.5 Å². The van der Waals surface area contributed by atoms with E-state index in [2.05, 4.69) is 20.5 Å². The Labute approximate surface area is 109 Å². The van der Waals surface area contributed by atoms with Crippen LogP contribution in [0.1, 0.15) is 11.6 Å². The minimum atomic E-state index is -0.225. The zero-order valence-electron chi connectivity index (χ0n) is 10.1. The predicted octanol–water partition coefficient (Wildman–Crippen LogP) is 1.27. The highest BCUT2D eigenvalue weighted by Crippen LogP contribution is 2.19. The molecule has 0 aliphatic carbocycles. The lowest BCUT2D eigenvalue weighted by Crippen LogP contribution is -2.16. The van der Waals surface area contributed by atoms with Gasteiger partial charge in [-0.2, -0.15) is 0 Å². The molecule has 1 atom stereocenters. The van der Waals surface area contributed by atoms with Crippen molar-refractivity contribution in [2.45, 2.75) is 6.04 Å². The van der Waals surface area contributed by atoms with E-state index < -0.39 is 0 Å². The Hall–Kier alpha value is -2.47. The normalized spacial score (nSPS) is 12.5. The standard InChI is InChI=1S/C13H13N5O/c19-8-11(10-4-2-1-3-5-10)16-12-13-17-15-9-18(13)7-6-14-12/h1-7,9,11,19H,8H2,(H,14,16). The first-order chi connectivity index (χ1) is 9.38. The largest absolute Gasteiger partial charge is 0.394 e. The summed E-state index contributed by atoms with van der Waals surface area (Å²) >= 11 is 0. The molecular weight excluding hydrogens is 242 g/mol. The van der Waals surface area contributed by atoms with Crippen LogP contribution >= 0.6 is 0 Å². The van der Waals surface area contributed by atoms with Crippen LogP contribution < -0.4 is 5.32 Å². The Balaban J connectivity index is 1.93. The number of anilines is 1. The summed E-state index contributed by atoms with van der Waals surface area (Å²) in [6, 6.07) is 9.50. The van der Waals surface area contributed by atoms with Gasteiger partial charge in [0.15, 0.2) is 5.82 Å². The molecule has 3 aromatic rings. The Bertz CT molecular complexity index is 667. The molecule has 2 heterocycles. The molecule has 0 spiro atoms. The third kappa shape index (κ3) is 2.25. The number of fused-ring (bicyclic) bond motifs is 1. The molecule has 1 aromatic carbocycles. The van der Waals surface area contributed by atoms with Gasteiger partial charge in [-0.05, 0) is 5.56 Å². The Morgan fingerprint density at radius 1 is 1.26 bits per heavy atom. The zero-order chi connectivity index (χ0) is 13.1. The number of hydrogen-bond donors (Lipinski definition) is 2. The van der Waals surface area contributed by atoms with Crippen molar-refractivity contribution in [3.63, 3.8) is 0 Å². The fourth-order valence-corrected chi connectivity index (χ4v) is 1.95. The van der Waals surface area contributed by atoms with Crippen molar-refractivity contribution in [3.05, 3.63) is 54.6 Å². The summed E-state index contributed by atoms with van der Waals surface area (Å²) in [6.07, 6.45) is 5.05. The molecule has 0 radical (unpaired) electrons. The lowest BCUT2D eigenvalue weighted by atomic mass is 10.1. The van der Waals surface area contributed by atoms with Crippen LogP contribution in [0.25, 0.3) is 5.65 Å². The van der Waals surface area contributed by atoms with Crippen molar-refractivity contribution in [1.82, 2.24) is 19.6 Å². The van der Waals surface area contributed by atoms with Crippen molar-refractivity contribution in [2.24, 2.45) is 0 Å². The molecule has 2 N–H and O–H groups in total. The average molecular weight is 255 g/mol. The highest BCUT2D eigenvalue weighted by molar-refractivity contribution is 5.62. The summed E-state index contributed by atoms with van der Waals surface area (Å²) in [6.45, 7) is -0.0269. The van der Waals surface area contributed by atoms with Gasteiger partial charge in [-0.3, -0.25) is 4.40 Å². The van der Waals surface area contributed by atoms with E-state index in [0.29, 0.717) is 11.5 Å². The second-order valence-corrected chi connectivity index (χ2v) is 4.13. The highest BCUT2D eigenvalue weighted by Gasteiger charge is 2.13. The number of nitrogens with one attached hydrogen (secondary N) is 1. The molecule has 6 heteroatoms. The van der Waals surface area contributed by atoms with E-state index in [4.69, 9.17) is 0 Å². The minimum Gasteiger partial charge on any atom is -0.394 e. The number of benzene rings is 1. The zero-order valence-corrected chi connectivity index (χ0v) is 10.1. The number of hydrogen-bond acceptors (Lipinski definition) is 5. The first-order valence-corrected chi connectivity index (χ1v) is 5.95. The van der Waals surface area contributed by atoms with Crippen LogP contribution in [0.2, 0.25) is 0 Å². The number of aromatic nitrogens is 4. The third-order valence-corrected chi connectivity index (χ3v) is 2.91. The van der Waals surface area contributed by atoms with Gasteiger partial charge in [0.2, 0.25) is 5.65 Å². The van der Waals surface area contributed by atoms with E-state index in [0.717, 1.165) is 5.56 Å². The van der Waals surface area contributed by atoms with Gasteiger partial charge in [0.1, 0.15) is 6.33 Å². The van der Waals surface area contributed by atoms with E-state index in [1.54, 1.807) is 23.1 Å². The molecule has 0 amide bonds. The molecule has 0 saturated heterocycles. The summed E-state index contributed by atoms with van der Waals surface area (Å²) in [5, 5.41) is 20.6. The molecule has 1 unspecified atom stereocenters. The molecule has 0 saturated carbocycles. The quantitative estimate of drug-likeness (QED) is 0.734. The smallest absolute Gasteiger partial charge is 0.203 e. The Kier molecular flexibility index (Phi) is 3.07. The minimum absolute atomic E-state index is 0.0269. The summed E-state index contributed by atoms with van der Waals surface area (Å²) in [7, 11) is 0. The summed E-state index contributed by atoms with van der Waals surface area (Å²) in [5.41, 5.74) is 1.63. The van der Waals surface area contributed by atoms with Gasteiger partial charge in [0.25, 0.3) is 0 Å². The van der Waals surface area contributed by atoms with Crippen LogP contribution in [0.15, 0.2) is 49.1 Å². The van der Waals surface area contributed by atoms with E-state index in [-0.39, 0.29) is 12.6 Å². The number of rotatable bonds is 4. The fraction of sp³-hybridized carbons (Fsp3) is 0.154. The number of aliphatic hydroxyl groups is 1. The molecule has 0 aliphatic heterocycles. The molecule has 2 aromatic heterocycles. The maximum Gasteiger partial charge on any atom is 0.203 e. The van der Waals surface area contributed by atoms with Crippen LogP contribution in [0.4, 0.5) is 5.82 Å². The van der Waals surface area contributed by atoms with Crippen molar-refractivity contribution < 1.29 is 5.11 Å². The number of nitrogens with zero attached hydrogens (tertiary/aromatic N) is 4. The van der Waals surface area contributed by atoms with E-state index in [1.807, 2.05) is 30.3 Å². The summed E-state index contributed by atoms with van der Waals surface area (Å²) in [4.78, 5) is 4.25. The maximum absolute atomic E-state index is 9.53. The van der Waals surface area contributed by atoms with Gasteiger partial charge in [0, 0.05) is 12.4 Å². The Morgan fingerprint density at radius 2 is 2.11 bits per heavy atom. The summed E-state index contributed by atoms with van der Waals surface area (Å²) < 4.78 is 1.77. The first kappa shape index (κ1) is 11.6. The monoisotopic (exact) mass is 255 g/mol. The van der Waals surface area contributed by atoms with Crippen LogP contribution in [0.5, 0.6) is 0 Å². The molecule has 96 valence electrons. The third-order valence-electron chi connectivity index (χ3n) is 2.91. The molecule has 3 rings (SSSR count). The second kappa shape index (κ2) is 5.03. The SMILES string of the molecule is OCC(Nc1nccn2cnnc12)c1ccccc1. The van der Waals surface area contributed by atoms with Crippen molar-refractivity contribution in [1.29, 1.82) is 0 Å². The molecule has 0 aliphatic rings. The molecule has 19 heavy (non-hydrogen) atoms. The first-order valence-electron chi connectivity index (χ1n) is 5.95. The van der Waals surface area contributed by atoms with Gasteiger partial charge in [-0.25, -0.2) is 4.98 Å². The maximum atomic E-state index is 9.53. The van der Waals surface area contributed by atoms with Gasteiger partial charge in [-0.1, -0.05) is 30.3 Å². The Morgan fingerprint density at radius 3 is 2.89 bits per heavy atom. The topological polar surface area (TPSA) is 75.3 Å². The second-order valence-electron chi connectivity index (χ2n) is 4.13. The predicted molar refractivity (Wildman–Crippen MR) is 70.7 cm³/mol. The highest BCUT2D eigenvalue weighted by atomic mass is 16.3. The van der Waals surface area contributed by atoms with Crippen LogP contribution in [0.3, 0.4) is 0 Å². The molecule has 0 fully saturated rings. The van der Waals surface area contributed by atoms with Gasteiger partial charge in [-0.15, -0.1) is 10.2 Å². The van der Waals surface area contributed by atoms with Crippen LogP contribution in [-0.4, -0.2) is 31.3 Å². The fourth-order valence-electron chi connectivity index (χ4n) is 1.95. The van der Waals surface area contributed by atoms with Gasteiger partial charge in [0.05, 0.1) is 12.6 Å². The van der Waals surface area contributed by atoms with Crippen molar-refractivity contribution in [3.8, 4) is 0 Å². The molecular formula is C13H13N5O. The molecule has 0 bridgehead atoms. The number of aliphatic hydroxyl groups excluding tert-OH is 1. The average Bonchev–Trinajstić information content (AvgIpc) is 2.95. The molecule has 6 nitrogen and oxygen atoms in total. The van der Waals surface area contributed by atoms with E-state index in [9.17, 15) is 5.11 Å². The van der Waals surface area contributed by atoms with E-state index >= 15 is 0 Å². The van der Waals surface area contributed by atoms with E-state index in [1.165, 1.54) is 0 Å². The lowest BCUT2D eigenvalue weighted by molar-refractivity contribution is 0.276.